The molecule has 2 aliphatic carbocycles. The van der Waals surface area contributed by atoms with Gasteiger partial charge in [-0.15, -0.1) is 0 Å². The second-order valence-electron chi connectivity index (χ2n) is 6.84. The quantitative estimate of drug-likeness (QED) is 0.826. The zero-order valence-corrected chi connectivity index (χ0v) is 11.9. The number of hydrogen-bond donors (Lipinski definition) is 2. The topological polar surface area (TPSA) is 66.4 Å². The highest BCUT2D eigenvalue weighted by Crippen LogP contribution is 2.37. The number of carbonyl (C=O) groups excluding carboxylic acids is 1. The first-order valence-electron chi connectivity index (χ1n) is 7.43. The lowest BCUT2D eigenvalue weighted by Crippen LogP contribution is -2.48. The van der Waals surface area contributed by atoms with E-state index in [9.17, 15) is 9.59 Å². The van der Waals surface area contributed by atoms with Gasteiger partial charge in [0, 0.05) is 12.0 Å². The molecule has 2 N–H and O–H groups in total. The Morgan fingerprint density at radius 3 is 2.37 bits per heavy atom. The molecule has 0 aromatic carbocycles. The number of hydrogen-bond acceptors (Lipinski definition) is 2. The van der Waals surface area contributed by atoms with E-state index in [4.69, 9.17) is 5.11 Å². The van der Waals surface area contributed by atoms with Crippen molar-refractivity contribution in [3.8, 4) is 0 Å². The average molecular weight is 267 g/mol. The number of aliphatic carboxylic acids is 1. The summed E-state index contributed by atoms with van der Waals surface area (Å²) in [4.78, 5) is 23.2. The summed E-state index contributed by atoms with van der Waals surface area (Å²) in [7, 11) is 0. The lowest BCUT2D eigenvalue weighted by atomic mass is 9.73. The molecular weight excluding hydrogens is 242 g/mol. The molecule has 3 atom stereocenters. The van der Waals surface area contributed by atoms with Gasteiger partial charge < -0.3 is 10.4 Å². The van der Waals surface area contributed by atoms with Crippen molar-refractivity contribution in [3.05, 3.63) is 0 Å². The van der Waals surface area contributed by atoms with E-state index in [-0.39, 0.29) is 29.2 Å². The predicted molar refractivity (Wildman–Crippen MR) is 72.6 cm³/mol. The molecule has 2 aliphatic rings. The van der Waals surface area contributed by atoms with Crippen molar-refractivity contribution in [2.24, 2.45) is 17.3 Å². The van der Waals surface area contributed by atoms with E-state index in [0.717, 1.165) is 19.3 Å². The summed E-state index contributed by atoms with van der Waals surface area (Å²) in [5, 5.41) is 12.2. The van der Waals surface area contributed by atoms with E-state index in [1.54, 1.807) is 0 Å². The smallest absolute Gasteiger partial charge is 0.306 e. The Hall–Kier alpha value is -1.06. The van der Waals surface area contributed by atoms with Crippen molar-refractivity contribution in [1.29, 1.82) is 0 Å². The zero-order valence-electron chi connectivity index (χ0n) is 11.9. The second-order valence-corrected chi connectivity index (χ2v) is 6.84. The maximum absolute atomic E-state index is 12.3. The molecule has 4 nitrogen and oxygen atoms in total. The first kappa shape index (κ1) is 14.4. The van der Waals surface area contributed by atoms with E-state index in [1.807, 2.05) is 0 Å². The number of carbonyl (C=O) groups is 2. The third kappa shape index (κ3) is 3.28. The summed E-state index contributed by atoms with van der Waals surface area (Å²) >= 11 is 0. The highest BCUT2D eigenvalue weighted by Gasteiger charge is 2.37. The predicted octanol–water partition coefficient (Wildman–Crippen LogP) is 2.57. The Balaban J connectivity index is 1.89. The van der Waals surface area contributed by atoms with Gasteiger partial charge in [0.15, 0.2) is 0 Å². The number of carboxylic acids is 1. The van der Waals surface area contributed by atoms with Crippen LogP contribution in [0, 0.1) is 17.3 Å². The van der Waals surface area contributed by atoms with E-state index < -0.39 is 5.97 Å². The highest BCUT2D eigenvalue weighted by molar-refractivity contribution is 5.81. The molecule has 19 heavy (non-hydrogen) atoms. The van der Waals surface area contributed by atoms with Crippen LogP contribution in [0.25, 0.3) is 0 Å². The van der Waals surface area contributed by atoms with Crippen molar-refractivity contribution in [2.75, 3.05) is 0 Å². The van der Waals surface area contributed by atoms with Gasteiger partial charge in [-0.1, -0.05) is 26.7 Å². The minimum absolute atomic E-state index is 0.0729. The number of rotatable bonds is 3. The molecule has 2 saturated carbocycles. The van der Waals surface area contributed by atoms with Crippen molar-refractivity contribution in [3.63, 3.8) is 0 Å². The Labute approximate surface area is 115 Å². The highest BCUT2D eigenvalue weighted by atomic mass is 16.4. The van der Waals surface area contributed by atoms with Crippen LogP contribution in [0.3, 0.4) is 0 Å². The van der Waals surface area contributed by atoms with Crippen molar-refractivity contribution >= 4 is 11.9 Å². The largest absolute Gasteiger partial charge is 0.481 e. The van der Waals surface area contributed by atoms with Crippen LogP contribution in [0.2, 0.25) is 0 Å². The fourth-order valence-corrected chi connectivity index (χ4v) is 3.50. The Bertz CT molecular complexity index is 364. The van der Waals surface area contributed by atoms with Crippen LogP contribution in [-0.4, -0.2) is 23.0 Å². The van der Waals surface area contributed by atoms with Crippen molar-refractivity contribution in [2.45, 2.75) is 64.8 Å². The summed E-state index contributed by atoms with van der Waals surface area (Å²) in [5.41, 5.74) is 0.165. The van der Waals surface area contributed by atoms with Crippen LogP contribution in [-0.2, 0) is 9.59 Å². The number of carboxylic acid groups (broad SMARTS) is 1. The van der Waals surface area contributed by atoms with Crippen LogP contribution in [0.4, 0.5) is 0 Å². The molecule has 1 amide bonds. The van der Waals surface area contributed by atoms with E-state index >= 15 is 0 Å². The standard InChI is InChI=1S/C15H25NO3/c1-15(2)8-4-3-5-12(15)16-13(17)10-6-7-11(9-10)14(18)19/h10-12H,3-9H2,1-2H3,(H,16,17)(H,18,19)/t10-,11+,12?/m1/s1. The number of amides is 1. The van der Waals surface area contributed by atoms with Crippen molar-refractivity contribution < 1.29 is 14.7 Å². The molecule has 0 aromatic heterocycles. The van der Waals surface area contributed by atoms with Gasteiger partial charge in [0.05, 0.1) is 5.92 Å². The monoisotopic (exact) mass is 267 g/mol. The van der Waals surface area contributed by atoms with Gasteiger partial charge in [0.2, 0.25) is 5.91 Å². The fraction of sp³-hybridized carbons (Fsp3) is 0.867. The second kappa shape index (κ2) is 5.51. The summed E-state index contributed by atoms with van der Waals surface area (Å²) in [6.07, 6.45) is 6.49. The molecule has 0 aliphatic heterocycles. The molecular formula is C15H25NO3. The van der Waals surface area contributed by atoms with E-state index in [2.05, 4.69) is 19.2 Å². The van der Waals surface area contributed by atoms with Crippen LogP contribution in [0.15, 0.2) is 0 Å². The zero-order chi connectivity index (χ0) is 14.0. The van der Waals surface area contributed by atoms with Gasteiger partial charge >= 0.3 is 5.97 Å². The van der Waals surface area contributed by atoms with Crippen LogP contribution in [0.5, 0.6) is 0 Å². The number of nitrogens with one attached hydrogen (secondary N) is 1. The molecule has 1 unspecified atom stereocenters. The van der Waals surface area contributed by atoms with E-state index in [0.29, 0.717) is 12.8 Å². The maximum atomic E-state index is 12.3. The third-order valence-corrected chi connectivity index (χ3v) is 4.98. The molecule has 0 radical (unpaired) electrons. The third-order valence-electron chi connectivity index (χ3n) is 4.98. The first-order chi connectivity index (χ1) is 8.90. The van der Waals surface area contributed by atoms with Crippen LogP contribution in [0.1, 0.15) is 58.8 Å². The lowest BCUT2D eigenvalue weighted by Gasteiger charge is -2.39. The summed E-state index contributed by atoms with van der Waals surface area (Å²) in [6, 6.07) is 0.248. The average Bonchev–Trinajstić information content (AvgIpc) is 2.81. The molecule has 2 fully saturated rings. The molecule has 108 valence electrons. The Morgan fingerprint density at radius 2 is 1.79 bits per heavy atom. The Morgan fingerprint density at radius 1 is 1.11 bits per heavy atom. The minimum Gasteiger partial charge on any atom is -0.481 e. The first-order valence-corrected chi connectivity index (χ1v) is 7.43. The van der Waals surface area contributed by atoms with Gasteiger partial charge in [-0.2, -0.15) is 0 Å². The molecule has 0 spiro atoms. The van der Waals surface area contributed by atoms with Crippen LogP contribution >= 0.6 is 0 Å². The summed E-state index contributed by atoms with van der Waals surface area (Å²) < 4.78 is 0. The lowest BCUT2D eigenvalue weighted by molar-refractivity contribution is -0.141. The molecule has 0 heterocycles. The van der Waals surface area contributed by atoms with Gasteiger partial charge in [0.25, 0.3) is 0 Å². The van der Waals surface area contributed by atoms with Gasteiger partial charge in [-0.25, -0.2) is 0 Å². The Kier molecular flexibility index (Phi) is 4.16. The normalized spacial score (nSPS) is 33.9. The minimum atomic E-state index is -0.756. The van der Waals surface area contributed by atoms with Crippen molar-refractivity contribution in [1.82, 2.24) is 5.32 Å². The fourth-order valence-electron chi connectivity index (χ4n) is 3.50. The van der Waals surface area contributed by atoms with Gasteiger partial charge in [-0.05, 0) is 37.5 Å². The molecule has 2 rings (SSSR count). The van der Waals surface area contributed by atoms with Gasteiger partial charge in [-0.3, -0.25) is 9.59 Å². The SMILES string of the molecule is CC1(C)CCCCC1NC(=O)[C@@H]1CC[C@H](C(=O)O)C1. The maximum Gasteiger partial charge on any atom is 0.306 e. The summed E-state index contributed by atoms with van der Waals surface area (Å²) in [5.74, 6) is -1.11. The molecule has 0 aromatic rings. The molecule has 0 saturated heterocycles. The van der Waals surface area contributed by atoms with E-state index in [1.165, 1.54) is 12.8 Å². The van der Waals surface area contributed by atoms with Gasteiger partial charge in [0.1, 0.15) is 0 Å². The molecule has 0 bridgehead atoms. The van der Waals surface area contributed by atoms with Crippen LogP contribution < -0.4 is 5.32 Å². The summed E-state index contributed by atoms with van der Waals surface area (Å²) in [6.45, 7) is 4.43. The molecule has 4 heteroatoms.